The average Bonchev–Trinajstić information content (AvgIpc) is 2.49. The van der Waals surface area contributed by atoms with Crippen LogP contribution in [0.3, 0.4) is 0 Å². The van der Waals surface area contributed by atoms with Crippen LogP contribution < -0.4 is 10.1 Å². The van der Waals surface area contributed by atoms with Gasteiger partial charge in [-0.2, -0.15) is 13.2 Å². The molecule has 0 aromatic heterocycles. The second kappa shape index (κ2) is 6.85. The van der Waals surface area contributed by atoms with Crippen LogP contribution in [-0.4, -0.2) is 25.2 Å². The number of nitrogens with one attached hydrogen (secondary N) is 1. The van der Waals surface area contributed by atoms with Crippen LogP contribution in [0.4, 0.5) is 13.2 Å². The van der Waals surface area contributed by atoms with Crippen molar-refractivity contribution >= 4 is 16.7 Å². The van der Waals surface area contributed by atoms with Gasteiger partial charge >= 0.3 is 12.1 Å². The molecule has 0 aliphatic carbocycles. The maximum atomic E-state index is 11.9. The molecule has 6 heteroatoms. The van der Waals surface area contributed by atoms with Crippen molar-refractivity contribution in [2.24, 2.45) is 0 Å². The van der Waals surface area contributed by atoms with Crippen molar-refractivity contribution < 1.29 is 22.7 Å². The minimum absolute atomic E-state index is 0.0237. The van der Waals surface area contributed by atoms with Gasteiger partial charge in [0.05, 0.1) is 6.54 Å². The highest BCUT2D eigenvalue weighted by Crippen LogP contribution is 2.24. The van der Waals surface area contributed by atoms with Crippen LogP contribution >= 0.6 is 0 Å². The van der Waals surface area contributed by atoms with Crippen LogP contribution in [0.15, 0.2) is 42.5 Å². The molecule has 0 saturated heterocycles. The zero-order valence-corrected chi connectivity index (χ0v) is 11.4. The van der Waals surface area contributed by atoms with Gasteiger partial charge in [0.25, 0.3) is 0 Å². The number of alkyl halides is 3. The monoisotopic (exact) mass is 307 g/mol. The Hall–Kier alpha value is -2.68. The van der Waals surface area contributed by atoms with Crippen molar-refractivity contribution in [2.45, 2.75) is 6.18 Å². The molecule has 0 bridgehead atoms. The first-order chi connectivity index (χ1) is 10.5. The van der Waals surface area contributed by atoms with E-state index in [-0.39, 0.29) is 13.2 Å². The summed E-state index contributed by atoms with van der Waals surface area (Å²) in [6.45, 7) is -0.354. The van der Waals surface area contributed by atoms with Gasteiger partial charge in [-0.25, -0.2) is 0 Å². The van der Waals surface area contributed by atoms with E-state index in [2.05, 4.69) is 11.8 Å². The van der Waals surface area contributed by atoms with Gasteiger partial charge in [-0.05, 0) is 11.5 Å². The number of hydrogen-bond acceptors (Lipinski definition) is 2. The van der Waals surface area contributed by atoms with E-state index >= 15 is 0 Å². The van der Waals surface area contributed by atoms with Gasteiger partial charge in [-0.1, -0.05) is 48.2 Å². The largest absolute Gasteiger partial charge is 0.480 e. The number of rotatable bonds is 3. The minimum Gasteiger partial charge on any atom is -0.480 e. The lowest BCUT2D eigenvalue weighted by molar-refractivity contribution is -0.173. The highest BCUT2D eigenvalue weighted by atomic mass is 19.4. The lowest BCUT2D eigenvalue weighted by Crippen LogP contribution is -2.36. The Kier molecular flexibility index (Phi) is 4.89. The molecule has 1 N–H and O–H groups in total. The number of carbonyl (C=O) groups excluding carboxylic acids is 1. The van der Waals surface area contributed by atoms with E-state index in [1.807, 2.05) is 36.4 Å². The fourth-order valence-electron chi connectivity index (χ4n) is 1.77. The number of benzene rings is 2. The Balaban J connectivity index is 1.87. The molecule has 1 amide bonds. The van der Waals surface area contributed by atoms with Crippen LogP contribution in [0.1, 0.15) is 0 Å². The van der Waals surface area contributed by atoms with Gasteiger partial charge in [0.15, 0.2) is 0 Å². The molecule has 2 aromatic carbocycles. The number of halogens is 3. The second-order valence-corrected chi connectivity index (χ2v) is 4.30. The third-order valence-corrected chi connectivity index (χ3v) is 2.77. The van der Waals surface area contributed by atoms with Crippen molar-refractivity contribution in [3.63, 3.8) is 0 Å². The van der Waals surface area contributed by atoms with Crippen LogP contribution in [0, 0.1) is 11.8 Å². The molecule has 114 valence electrons. The van der Waals surface area contributed by atoms with Crippen molar-refractivity contribution in [1.29, 1.82) is 0 Å². The fraction of sp³-hybridized carbons (Fsp3) is 0.188. The lowest BCUT2D eigenvalue weighted by atomic mass is 10.1. The van der Waals surface area contributed by atoms with Gasteiger partial charge in [-0.15, -0.1) is 0 Å². The van der Waals surface area contributed by atoms with Crippen molar-refractivity contribution in [2.75, 3.05) is 13.2 Å². The summed E-state index contributed by atoms with van der Waals surface area (Å²) in [7, 11) is 0. The smallest absolute Gasteiger partial charge is 0.471 e. The Bertz CT molecular complexity index is 724. The van der Waals surface area contributed by atoms with Gasteiger partial charge < -0.3 is 10.1 Å². The molecule has 0 heterocycles. The number of amides is 1. The molecule has 0 aliphatic heterocycles. The molecule has 0 unspecified atom stereocenters. The molecule has 0 radical (unpaired) electrons. The fourth-order valence-corrected chi connectivity index (χ4v) is 1.77. The molecular formula is C16H12F3NO2. The molecule has 0 atom stereocenters. The van der Waals surface area contributed by atoms with E-state index in [1.165, 1.54) is 0 Å². The number of ether oxygens (including phenoxy) is 1. The standard InChI is InChI=1S/C16H12F3NO2/c17-16(18,19)15(21)20-10-3-4-11-22-14-9-5-7-12-6-1-2-8-13(12)14/h1-2,5-9H,10-11H2,(H,20,21). The molecule has 0 saturated carbocycles. The van der Waals surface area contributed by atoms with Crippen molar-refractivity contribution in [3.05, 3.63) is 42.5 Å². The van der Waals surface area contributed by atoms with Gasteiger partial charge in [0.2, 0.25) is 0 Å². The molecule has 3 nitrogen and oxygen atoms in total. The summed E-state index contributed by atoms with van der Waals surface area (Å²) in [5.41, 5.74) is 0. The molecule has 0 spiro atoms. The second-order valence-electron chi connectivity index (χ2n) is 4.30. The van der Waals surface area contributed by atoms with Gasteiger partial charge in [-0.3, -0.25) is 4.79 Å². The van der Waals surface area contributed by atoms with E-state index in [0.717, 1.165) is 10.8 Å². The third kappa shape index (κ3) is 4.16. The summed E-state index contributed by atoms with van der Waals surface area (Å²) in [5, 5.41) is 3.60. The van der Waals surface area contributed by atoms with Crippen LogP contribution in [0.2, 0.25) is 0 Å². The zero-order valence-electron chi connectivity index (χ0n) is 11.4. The maximum absolute atomic E-state index is 11.9. The zero-order chi connectivity index (χ0) is 16.0. The average molecular weight is 307 g/mol. The Morgan fingerprint density at radius 1 is 1.09 bits per heavy atom. The molecule has 2 rings (SSSR count). The molecule has 0 aliphatic rings. The number of carbonyl (C=O) groups is 1. The summed E-state index contributed by atoms with van der Waals surface area (Å²) in [6, 6.07) is 13.2. The van der Waals surface area contributed by atoms with E-state index in [9.17, 15) is 18.0 Å². The number of hydrogen-bond donors (Lipinski definition) is 1. The SMILES string of the molecule is O=C(NCC#CCOc1cccc2ccccc12)C(F)(F)F. The quantitative estimate of drug-likeness (QED) is 0.886. The topological polar surface area (TPSA) is 38.3 Å². The van der Waals surface area contributed by atoms with Gasteiger partial charge in [0.1, 0.15) is 12.4 Å². The first kappa shape index (κ1) is 15.7. The molecule has 2 aromatic rings. The molecule has 0 fully saturated rings. The summed E-state index contributed by atoms with van der Waals surface area (Å²) >= 11 is 0. The third-order valence-electron chi connectivity index (χ3n) is 2.77. The Morgan fingerprint density at radius 2 is 1.82 bits per heavy atom. The normalized spacial score (nSPS) is 10.7. The van der Waals surface area contributed by atoms with E-state index < -0.39 is 12.1 Å². The minimum atomic E-state index is -4.89. The van der Waals surface area contributed by atoms with Crippen LogP contribution in [0.25, 0.3) is 10.8 Å². The first-order valence-corrected chi connectivity index (χ1v) is 6.40. The summed E-state index contributed by atoms with van der Waals surface area (Å²) < 4.78 is 41.2. The summed E-state index contributed by atoms with van der Waals surface area (Å²) in [6.07, 6.45) is -4.89. The van der Waals surface area contributed by atoms with E-state index in [4.69, 9.17) is 4.74 Å². The van der Waals surface area contributed by atoms with E-state index in [1.54, 1.807) is 11.4 Å². The van der Waals surface area contributed by atoms with Crippen molar-refractivity contribution in [3.8, 4) is 17.6 Å². The lowest BCUT2D eigenvalue weighted by Gasteiger charge is -2.06. The van der Waals surface area contributed by atoms with Gasteiger partial charge in [0, 0.05) is 5.39 Å². The predicted octanol–water partition coefficient (Wildman–Crippen LogP) is 2.90. The van der Waals surface area contributed by atoms with Crippen molar-refractivity contribution in [1.82, 2.24) is 5.32 Å². The predicted molar refractivity (Wildman–Crippen MR) is 76.3 cm³/mol. The molecule has 22 heavy (non-hydrogen) atoms. The highest BCUT2D eigenvalue weighted by Gasteiger charge is 2.38. The summed E-state index contributed by atoms with van der Waals surface area (Å²) in [5.74, 6) is 3.59. The Labute approximate surface area is 125 Å². The van der Waals surface area contributed by atoms with Crippen LogP contribution in [0.5, 0.6) is 5.75 Å². The maximum Gasteiger partial charge on any atom is 0.471 e. The van der Waals surface area contributed by atoms with E-state index in [0.29, 0.717) is 5.75 Å². The first-order valence-electron chi connectivity index (χ1n) is 6.40. The Morgan fingerprint density at radius 3 is 2.59 bits per heavy atom. The number of fused-ring (bicyclic) bond motifs is 1. The van der Waals surface area contributed by atoms with Crippen LogP contribution in [-0.2, 0) is 4.79 Å². The highest BCUT2D eigenvalue weighted by molar-refractivity contribution is 5.88. The summed E-state index contributed by atoms with van der Waals surface area (Å²) in [4.78, 5) is 10.5. The molecular weight excluding hydrogens is 295 g/mol.